The molecule has 0 aliphatic heterocycles. The molecule has 6 aromatic carbocycles. The summed E-state index contributed by atoms with van der Waals surface area (Å²) >= 11 is 0. The lowest BCUT2D eigenvalue weighted by Crippen LogP contribution is -1.99. The molecule has 36 heavy (non-hydrogen) atoms. The van der Waals surface area contributed by atoms with E-state index in [9.17, 15) is 5.02 Å². The van der Waals surface area contributed by atoms with Crippen LogP contribution in [0.25, 0.3) is 65.7 Å². The first-order valence-electron chi connectivity index (χ1n) is 12.0. The van der Waals surface area contributed by atoms with Crippen LogP contribution in [0.5, 0.6) is 5.75 Å². The van der Waals surface area contributed by atoms with E-state index in [1.54, 1.807) is 0 Å². The number of fused-ring (bicyclic) bond motifs is 5. The van der Waals surface area contributed by atoms with Gasteiger partial charge in [0.1, 0.15) is 16.9 Å². The first-order valence-corrected chi connectivity index (χ1v) is 12.0. The summed E-state index contributed by atoms with van der Waals surface area (Å²) in [6, 6.07) is 39.8. The summed E-state index contributed by atoms with van der Waals surface area (Å²) in [6.45, 7) is 0. The molecule has 1 N–H and O–H groups in total. The molecule has 0 radical (unpaired) electrons. The number of hydrogen-bond acceptors (Lipinski definition) is 3. The Labute approximate surface area is 208 Å². The van der Waals surface area contributed by atoms with E-state index in [-0.39, 0.29) is 7.69 Å². The van der Waals surface area contributed by atoms with Gasteiger partial charge in [-0.25, -0.2) is 0 Å². The van der Waals surface area contributed by atoms with Gasteiger partial charge in [-0.3, -0.25) is 0 Å². The molecule has 0 unspecified atom stereocenters. The van der Waals surface area contributed by atoms with Gasteiger partial charge in [0.15, 0.2) is 0 Å². The van der Waals surface area contributed by atoms with Crippen LogP contribution < -0.4 is 4.65 Å². The molecule has 0 amide bonds. The van der Waals surface area contributed by atoms with Crippen molar-refractivity contribution < 1.29 is 14.1 Å². The maximum absolute atomic E-state index is 9.28. The van der Waals surface area contributed by atoms with Crippen molar-refractivity contribution in [2.75, 3.05) is 0 Å². The van der Waals surface area contributed by atoms with Gasteiger partial charge in [0.05, 0.1) is 0 Å². The molecule has 0 fully saturated rings. The van der Waals surface area contributed by atoms with E-state index < -0.39 is 0 Å². The van der Waals surface area contributed by atoms with Crippen molar-refractivity contribution in [2.45, 2.75) is 0 Å². The molecule has 4 heteroatoms. The minimum atomic E-state index is -0.352. The molecule has 0 bridgehead atoms. The third-order valence-electron chi connectivity index (χ3n) is 6.95. The molecular weight excluding hydrogens is 443 g/mol. The van der Waals surface area contributed by atoms with E-state index in [2.05, 4.69) is 84.9 Å². The van der Waals surface area contributed by atoms with Gasteiger partial charge in [0, 0.05) is 10.8 Å². The highest BCUT2D eigenvalue weighted by atomic mass is 16.5. The summed E-state index contributed by atoms with van der Waals surface area (Å²) in [6.07, 6.45) is 0. The first kappa shape index (κ1) is 20.8. The number of benzene rings is 6. The molecule has 3 nitrogen and oxygen atoms in total. The predicted octanol–water partition coefficient (Wildman–Crippen LogP) is 7.86. The van der Waals surface area contributed by atoms with Crippen LogP contribution in [0.4, 0.5) is 0 Å². The smallest absolute Gasteiger partial charge is 0.504 e. The van der Waals surface area contributed by atoms with Gasteiger partial charge < -0.3 is 14.1 Å². The molecular formula is C32H21BO3. The zero-order chi connectivity index (χ0) is 24.1. The minimum Gasteiger partial charge on any atom is -0.539 e. The average Bonchev–Trinajstić information content (AvgIpc) is 3.30. The summed E-state index contributed by atoms with van der Waals surface area (Å²) in [4.78, 5) is 0. The van der Waals surface area contributed by atoms with E-state index in [4.69, 9.17) is 9.07 Å². The molecule has 170 valence electrons. The Bertz CT molecular complexity index is 1860. The van der Waals surface area contributed by atoms with Gasteiger partial charge in [-0.15, -0.1) is 0 Å². The second-order valence-electron chi connectivity index (χ2n) is 8.95. The topological polar surface area (TPSA) is 42.6 Å². The fourth-order valence-corrected chi connectivity index (χ4v) is 5.45. The first-order chi connectivity index (χ1) is 17.8. The van der Waals surface area contributed by atoms with Crippen LogP contribution in [0.2, 0.25) is 0 Å². The maximum Gasteiger partial charge on any atom is 0.504 e. The summed E-state index contributed by atoms with van der Waals surface area (Å²) < 4.78 is 11.5. The van der Waals surface area contributed by atoms with Gasteiger partial charge >= 0.3 is 7.69 Å². The quantitative estimate of drug-likeness (QED) is 0.213. The summed E-state index contributed by atoms with van der Waals surface area (Å²) in [5, 5.41) is 16.2. The predicted molar refractivity (Wildman–Crippen MR) is 150 cm³/mol. The molecule has 0 aliphatic rings. The van der Waals surface area contributed by atoms with Crippen molar-refractivity contribution >= 4 is 51.2 Å². The van der Waals surface area contributed by atoms with Crippen LogP contribution >= 0.6 is 0 Å². The molecule has 0 spiro atoms. The lowest BCUT2D eigenvalue weighted by Gasteiger charge is -2.18. The zero-order valence-corrected chi connectivity index (χ0v) is 19.4. The Morgan fingerprint density at radius 2 is 1.06 bits per heavy atom. The van der Waals surface area contributed by atoms with Crippen LogP contribution in [0.1, 0.15) is 0 Å². The highest BCUT2D eigenvalue weighted by Crippen LogP contribution is 2.45. The van der Waals surface area contributed by atoms with E-state index in [0.29, 0.717) is 5.75 Å². The molecule has 0 aliphatic carbocycles. The van der Waals surface area contributed by atoms with Crippen molar-refractivity contribution in [1.82, 2.24) is 0 Å². The molecule has 0 saturated carbocycles. The Kier molecular flexibility index (Phi) is 4.79. The van der Waals surface area contributed by atoms with E-state index in [0.717, 1.165) is 38.6 Å². The van der Waals surface area contributed by atoms with Crippen LogP contribution in [-0.4, -0.2) is 12.7 Å². The van der Waals surface area contributed by atoms with E-state index in [1.165, 1.54) is 27.1 Å². The monoisotopic (exact) mass is 464 g/mol. The van der Waals surface area contributed by atoms with Crippen molar-refractivity contribution in [2.24, 2.45) is 0 Å². The van der Waals surface area contributed by atoms with Crippen LogP contribution in [0.3, 0.4) is 0 Å². The SMILES string of the molecule is OBOc1cccc(-c2c3ccccc3c(-c3ccc4oc5ccccc5c4c3)c3ccccc23)c1. The fourth-order valence-electron chi connectivity index (χ4n) is 5.45. The summed E-state index contributed by atoms with van der Waals surface area (Å²) in [5.74, 6) is 0.643. The molecule has 1 heterocycles. The molecule has 7 rings (SSSR count). The maximum atomic E-state index is 9.28. The second-order valence-corrected chi connectivity index (χ2v) is 8.95. The van der Waals surface area contributed by atoms with Crippen molar-refractivity contribution in [3.05, 3.63) is 115 Å². The van der Waals surface area contributed by atoms with Crippen LogP contribution in [0, 0.1) is 0 Å². The molecule has 0 saturated heterocycles. The third kappa shape index (κ3) is 3.19. The van der Waals surface area contributed by atoms with E-state index in [1.807, 2.05) is 30.3 Å². The van der Waals surface area contributed by atoms with Crippen LogP contribution in [0.15, 0.2) is 120 Å². The van der Waals surface area contributed by atoms with Crippen LogP contribution in [-0.2, 0) is 0 Å². The van der Waals surface area contributed by atoms with Crippen molar-refractivity contribution in [1.29, 1.82) is 0 Å². The van der Waals surface area contributed by atoms with Gasteiger partial charge in [0.2, 0.25) is 0 Å². The largest absolute Gasteiger partial charge is 0.539 e. The summed E-state index contributed by atoms with van der Waals surface area (Å²) in [7, 11) is -0.352. The fraction of sp³-hybridized carbons (Fsp3) is 0. The number of furan rings is 1. The highest BCUT2D eigenvalue weighted by molar-refractivity contribution is 6.22. The van der Waals surface area contributed by atoms with Gasteiger partial charge in [-0.1, -0.05) is 84.9 Å². The number of para-hydroxylation sites is 1. The lowest BCUT2D eigenvalue weighted by atomic mass is 9.85. The zero-order valence-electron chi connectivity index (χ0n) is 19.4. The lowest BCUT2D eigenvalue weighted by molar-refractivity contribution is 0.454. The number of rotatable bonds is 4. The Morgan fingerprint density at radius 1 is 0.500 bits per heavy atom. The third-order valence-corrected chi connectivity index (χ3v) is 6.95. The normalized spacial score (nSPS) is 11.5. The molecule has 7 aromatic rings. The Hall–Kier alpha value is -4.54. The molecule has 0 atom stereocenters. The molecule has 1 aromatic heterocycles. The summed E-state index contributed by atoms with van der Waals surface area (Å²) in [5.41, 5.74) is 6.37. The van der Waals surface area contributed by atoms with Gasteiger partial charge in [0.25, 0.3) is 0 Å². The standard InChI is InChI=1S/C32H21BO3/c34-33-36-22-9-7-8-20(18-22)31-24-11-1-3-13-26(24)32(27-14-4-2-12-25(27)31)21-16-17-30-28(19-21)23-10-5-6-15-29(23)35-30/h1-19,33-34H. The van der Waals surface area contributed by atoms with Gasteiger partial charge in [-0.05, 0) is 74.1 Å². The van der Waals surface area contributed by atoms with E-state index >= 15 is 0 Å². The van der Waals surface area contributed by atoms with Gasteiger partial charge in [-0.2, -0.15) is 0 Å². The second kappa shape index (κ2) is 8.30. The number of hydrogen-bond donors (Lipinski definition) is 1. The highest BCUT2D eigenvalue weighted by Gasteiger charge is 2.18. The van der Waals surface area contributed by atoms with Crippen molar-refractivity contribution in [3.8, 4) is 28.0 Å². The average molecular weight is 464 g/mol. The minimum absolute atomic E-state index is 0.352. The Balaban J connectivity index is 1.58. The Morgan fingerprint density at radius 3 is 1.69 bits per heavy atom. The van der Waals surface area contributed by atoms with Crippen molar-refractivity contribution in [3.63, 3.8) is 0 Å².